The van der Waals surface area contributed by atoms with Gasteiger partial charge >= 0.3 is 12.0 Å². The molecular weight excluding hydrogens is 248 g/mol. The van der Waals surface area contributed by atoms with Crippen LogP contribution in [0.5, 0.6) is 0 Å². The third-order valence-corrected chi connectivity index (χ3v) is 3.93. The van der Waals surface area contributed by atoms with Gasteiger partial charge in [0.2, 0.25) is 0 Å². The number of hydrogen-bond acceptors (Lipinski definition) is 3. The first-order valence-corrected chi connectivity index (χ1v) is 6.77. The molecule has 1 rings (SSSR count). The van der Waals surface area contributed by atoms with E-state index in [0.717, 1.165) is 32.5 Å². The summed E-state index contributed by atoms with van der Waals surface area (Å²) in [5.74, 6) is -0.894. The van der Waals surface area contributed by atoms with Crippen LogP contribution in [-0.4, -0.2) is 55.4 Å². The van der Waals surface area contributed by atoms with E-state index in [-0.39, 0.29) is 24.4 Å². The number of amides is 2. The van der Waals surface area contributed by atoms with E-state index < -0.39 is 5.97 Å². The molecule has 1 saturated heterocycles. The molecule has 19 heavy (non-hydrogen) atoms. The Balaban J connectivity index is 2.37. The Kier molecular flexibility index (Phi) is 6.08. The van der Waals surface area contributed by atoms with Gasteiger partial charge in [-0.1, -0.05) is 6.92 Å². The minimum Gasteiger partial charge on any atom is -0.481 e. The van der Waals surface area contributed by atoms with E-state index in [1.54, 1.807) is 7.05 Å². The van der Waals surface area contributed by atoms with Crippen LogP contribution < -0.4 is 5.32 Å². The summed E-state index contributed by atoms with van der Waals surface area (Å²) in [6, 6.07) is -0.208. The zero-order valence-electron chi connectivity index (χ0n) is 11.8. The standard InChI is InChI=1S/C13H24N2O4/c1-3-13(5-8-19-9-6-13)10-14-12(18)15(2)7-4-11(16)17/h3-10H2,1-2H3,(H,14,18)(H,16,17). The summed E-state index contributed by atoms with van der Waals surface area (Å²) < 4.78 is 5.36. The van der Waals surface area contributed by atoms with E-state index in [9.17, 15) is 9.59 Å². The Labute approximate surface area is 114 Å². The van der Waals surface area contributed by atoms with Gasteiger partial charge in [0, 0.05) is 33.4 Å². The van der Waals surface area contributed by atoms with Crippen LogP contribution in [0.3, 0.4) is 0 Å². The van der Waals surface area contributed by atoms with Gasteiger partial charge in [0.15, 0.2) is 0 Å². The largest absolute Gasteiger partial charge is 0.481 e. The van der Waals surface area contributed by atoms with E-state index in [2.05, 4.69) is 12.2 Å². The average Bonchev–Trinajstić information content (AvgIpc) is 2.43. The van der Waals surface area contributed by atoms with Crippen LogP contribution in [0.25, 0.3) is 0 Å². The van der Waals surface area contributed by atoms with Crippen molar-refractivity contribution in [3.05, 3.63) is 0 Å². The molecule has 1 heterocycles. The lowest BCUT2D eigenvalue weighted by Crippen LogP contribution is -2.45. The smallest absolute Gasteiger partial charge is 0.317 e. The van der Waals surface area contributed by atoms with E-state index in [1.807, 2.05) is 0 Å². The normalized spacial score (nSPS) is 17.8. The highest BCUT2D eigenvalue weighted by molar-refractivity contribution is 5.75. The highest BCUT2D eigenvalue weighted by Crippen LogP contribution is 2.33. The predicted octanol–water partition coefficient (Wildman–Crippen LogP) is 1.31. The van der Waals surface area contributed by atoms with E-state index in [0.29, 0.717) is 6.54 Å². The van der Waals surface area contributed by atoms with E-state index >= 15 is 0 Å². The second kappa shape index (κ2) is 7.33. The second-order valence-corrected chi connectivity index (χ2v) is 5.19. The van der Waals surface area contributed by atoms with E-state index in [1.165, 1.54) is 4.90 Å². The van der Waals surface area contributed by atoms with E-state index in [4.69, 9.17) is 9.84 Å². The molecule has 2 N–H and O–H groups in total. The third kappa shape index (κ3) is 5.06. The predicted molar refractivity (Wildman–Crippen MR) is 71.1 cm³/mol. The maximum Gasteiger partial charge on any atom is 0.317 e. The fourth-order valence-corrected chi connectivity index (χ4v) is 2.22. The maximum atomic E-state index is 11.8. The number of carbonyl (C=O) groups excluding carboxylic acids is 1. The van der Waals surface area contributed by atoms with Crippen molar-refractivity contribution in [1.29, 1.82) is 0 Å². The van der Waals surface area contributed by atoms with Crippen molar-refractivity contribution in [1.82, 2.24) is 10.2 Å². The van der Waals surface area contributed by atoms with Gasteiger partial charge in [-0.15, -0.1) is 0 Å². The third-order valence-electron chi connectivity index (χ3n) is 3.93. The minimum absolute atomic E-state index is 0.0311. The van der Waals surface area contributed by atoms with Crippen LogP contribution in [0.15, 0.2) is 0 Å². The summed E-state index contributed by atoms with van der Waals surface area (Å²) in [4.78, 5) is 23.7. The van der Waals surface area contributed by atoms with Crippen molar-refractivity contribution < 1.29 is 19.4 Å². The van der Waals surface area contributed by atoms with Crippen LogP contribution in [0.1, 0.15) is 32.6 Å². The highest BCUT2D eigenvalue weighted by Gasteiger charge is 2.31. The summed E-state index contributed by atoms with van der Waals surface area (Å²) in [7, 11) is 1.61. The summed E-state index contributed by atoms with van der Waals surface area (Å²) in [6.45, 7) is 4.48. The molecule has 110 valence electrons. The number of urea groups is 1. The summed E-state index contributed by atoms with van der Waals surface area (Å²) in [5, 5.41) is 11.5. The molecule has 1 fully saturated rings. The van der Waals surface area contributed by atoms with Gasteiger partial charge in [-0.3, -0.25) is 4.79 Å². The molecule has 0 aromatic carbocycles. The second-order valence-electron chi connectivity index (χ2n) is 5.19. The SMILES string of the molecule is CCC1(CNC(=O)N(C)CCC(=O)O)CCOCC1. The van der Waals surface area contributed by atoms with Crippen LogP contribution in [0.4, 0.5) is 4.79 Å². The Bertz CT molecular complexity index is 314. The molecule has 0 bridgehead atoms. The molecule has 0 unspecified atom stereocenters. The summed E-state index contributed by atoms with van der Waals surface area (Å²) in [6.07, 6.45) is 2.90. The Morgan fingerprint density at radius 2 is 2.00 bits per heavy atom. The minimum atomic E-state index is -0.894. The van der Waals surface area contributed by atoms with Crippen molar-refractivity contribution in [3.63, 3.8) is 0 Å². The average molecular weight is 272 g/mol. The van der Waals surface area contributed by atoms with Gasteiger partial charge in [-0.2, -0.15) is 0 Å². The molecule has 2 amide bonds. The number of nitrogens with one attached hydrogen (secondary N) is 1. The van der Waals surface area contributed by atoms with Crippen LogP contribution in [0, 0.1) is 5.41 Å². The highest BCUT2D eigenvalue weighted by atomic mass is 16.5. The number of nitrogens with zero attached hydrogens (tertiary/aromatic N) is 1. The zero-order valence-corrected chi connectivity index (χ0v) is 11.8. The molecule has 1 aliphatic heterocycles. The Morgan fingerprint density at radius 3 is 2.53 bits per heavy atom. The Morgan fingerprint density at radius 1 is 1.37 bits per heavy atom. The number of aliphatic carboxylic acids is 1. The molecule has 0 saturated carbocycles. The number of carboxylic acid groups (broad SMARTS) is 1. The van der Waals surface area contributed by atoms with Crippen LogP contribution in [-0.2, 0) is 9.53 Å². The van der Waals surface area contributed by atoms with Gasteiger partial charge in [0.1, 0.15) is 0 Å². The topological polar surface area (TPSA) is 78.9 Å². The number of ether oxygens (including phenoxy) is 1. The van der Waals surface area contributed by atoms with Crippen molar-refractivity contribution in [2.24, 2.45) is 5.41 Å². The first-order chi connectivity index (χ1) is 8.99. The van der Waals surface area contributed by atoms with Crippen LogP contribution >= 0.6 is 0 Å². The molecule has 0 atom stereocenters. The molecule has 0 aromatic heterocycles. The molecule has 0 aliphatic carbocycles. The van der Waals surface area contributed by atoms with Gasteiger partial charge in [-0.25, -0.2) is 4.79 Å². The molecule has 6 nitrogen and oxygen atoms in total. The number of carboxylic acids is 1. The molecule has 0 radical (unpaired) electrons. The molecule has 0 aromatic rings. The molecule has 6 heteroatoms. The van der Waals surface area contributed by atoms with Gasteiger partial charge < -0.3 is 20.1 Å². The molecule has 0 spiro atoms. The van der Waals surface area contributed by atoms with Gasteiger partial charge in [0.25, 0.3) is 0 Å². The zero-order chi connectivity index (χ0) is 14.3. The van der Waals surface area contributed by atoms with Crippen molar-refractivity contribution >= 4 is 12.0 Å². The quantitative estimate of drug-likeness (QED) is 0.764. The summed E-state index contributed by atoms with van der Waals surface area (Å²) in [5.41, 5.74) is 0.127. The van der Waals surface area contributed by atoms with Gasteiger partial charge in [0.05, 0.1) is 6.42 Å². The number of hydrogen-bond donors (Lipinski definition) is 2. The first-order valence-electron chi connectivity index (χ1n) is 6.77. The monoisotopic (exact) mass is 272 g/mol. The summed E-state index contributed by atoms with van der Waals surface area (Å²) >= 11 is 0. The van der Waals surface area contributed by atoms with Crippen molar-refractivity contribution in [2.75, 3.05) is 33.4 Å². The number of rotatable bonds is 6. The fraction of sp³-hybridized carbons (Fsp3) is 0.846. The van der Waals surface area contributed by atoms with Gasteiger partial charge in [-0.05, 0) is 24.7 Å². The molecule has 1 aliphatic rings. The Hall–Kier alpha value is -1.30. The first kappa shape index (κ1) is 15.8. The lowest BCUT2D eigenvalue weighted by atomic mass is 9.78. The number of carbonyl (C=O) groups is 2. The van der Waals surface area contributed by atoms with Crippen molar-refractivity contribution in [2.45, 2.75) is 32.6 Å². The lowest BCUT2D eigenvalue weighted by Gasteiger charge is -2.36. The molecular formula is C13H24N2O4. The van der Waals surface area contributed by atoms with Crippen LogP contribution in [0.2, 0.25) is 0 Å². The van der Waals surface area contributed by atoms with Crippen molar-refractivity contribution in [3.8, 4) is 0 Å². The fourth-order valence-electron chi connectivity index (χ4n) is 2.22. The maximum absolute atomic E-state index is 11.8. The lowest BCUT2D eigenvalue weighted by molar-refractivity contribution is -0.137.